The summed E-state index contributed by atoms with van der Waals surface area (Å²) in [6.07, 6.45) is 0. The quantitative estimate of drug-likeness (QED) is 0.648. The van der Waals surface area contributed by atoms with Crippen LogP contribution in [0.5, 0.6) is 0 Å². The van der Waals surface area contributed by atoms with Crippen LogP contribution in [0.2, 0.25) is 0 Å². The van der Waals surface area contributed by atoms with Gasteiger partial charge in [-0.3, -0.25) is 14.3 Å². The van der Waals surface area contributed by atoms with E-state index in [4.69, 9.17) is 4.74 Å². The summed E-state index contributed by atoms with van der Waals surface area (Å²) in [6, 6.07) is 0. The Hall–Kier alpha value is -2.13. The summed E-state index contributed by atoms with van der Waals surface area (Å²) in [5, 5.41) is 2.25. The lowest BCUT2D eigenvalue weighted by atomic mass is 10.4. The number of aromatic nitrogens is 4. The second-order valence-electron chi connectivity index (χ2n) is 5.40. The Balaban J connectivity index is 2.21. The van der Waals surface area contributed by atoms with Crippen LogP contribution in [0.1, 0.15) is 0 Å². The molecule has 3 N–H and O–H groups in total. The van der Waals surface area contributed by atoms with Gasteiger partial charge in [-0.15, -0.1) is 0 Å². The summed E-state index contributed by atoms with van der Waals surface area (Å²) in [7, 11) is 3.23. The third-order valence-corrected chi connectivity index (χ3v) is 4.00. The summed E-state index contributed by atoms with van der Waals surface area (Å²) in [6.45, 7) is 4.69. The number of rotatable bonds is 4. The summed E-state index contributed by atoms with van der Waals surface area (Å²) in [5.41, 5.74) is -0.0259. The molecule has 0 amide bonds. The van der Waals surface area contributed by atoms with Crippen LogP contribution in [0.3, 0.4) is 0 Å². The molecule has 1 aliphatic rings. The molecule has 9 heteroatoms. The Morgan fingerprint density at radius 2 is 2.05 bits per heavy atom. The number of hydrogen-bond acceptors (Lipinski definition) is 5. The molecule has 0 aliphatic carbocycles. The molecule has 2 aromatic heterocycles. The number of nitrogens with zero attached hydrogens (tertiary/aromatic N) is 4. The first-order chi connectivity index (χ1) is 10.6. The molecule has 1 fully saturated rings. The normalized spacial score (nSPS) is 15.6. The van der Waals surface area contributed by atoms with Gasteiger partial charge in [-0.05, 0) is 0 Å². The van der Waals surface area contributed by atoms with Crippen molar-refractivity contribution in [3.63, 3.8) is 0 Å². The molecule has 0 saturated carbocycles. The van der Waals surface area contributed by atoms with Gasteiger partial charge in [0, 0.05) is 20.7 Å². The average Bonchev–Trinajstić information content (AvgIpc) is 2.91. The Morgan fingerprint density at radius 1 is 1.32 bits per heavy atom. The Morgan fingerprint density at radius 3 is 2.73 bits per heavy atom. The van der Waals surface area contributed by atoms with Crippen molar-refractivity contribution in [2.75, 3.05) is 44.8 Å². The van der Waals surface area contributed by atoms with E-state index in [1.54, 1.807) is 14.2 Å². The van der Waals surface area contributed by atoms with E-state index in [-0.39, 0.29) is 0 Å². The van der Waals surface area contributed by atoms with Crippen LogP contribution < -0.4 is 21.5 Å². The molecular weight excluding hydrogens is 288 g/mol. The highest BCUT2D eigenvalue weighted by Gasteiger charge is 2.23. The molecule has 3 rings (SSSR count). The lowest BCUT2D eigenvalue weighted by Crippen LogP contribution is -2.89. The minimum atomic E-state index is -0.451. The molecule has 2 aromatic rings. The van der Waals surface area contributed by atoms with Crippen LogP contribution in [0.15, 0.2) is 9.59 Å². The Bertz CT molecular complexity index is 783. The van der Waals surface area contributed by atoms with Crippen molar-refractivity contribution < 1.29 is 10.1 Å². The van der Waals surface area contributed by atoms with Gasteiger partial charge in [0.25, 0.3) is 5.56 Å². The average molecular weight is 309 g/mol. The topological polar surface area (TPSA) is 102 Å². The smallest absolute Gasteiger partial charge is 0.329 e. The van der Waals surface area contributed by atoms with Gasteiger partial charge in [0.1, 0.15) is 0 Å². The van der Waals surface area contributed by atoms with Gasteiger partial charge in [-0.1, -0.05) is 0 Å². The number of imidazole rings is 1. The number of nitrogens with two attached hydrogens (primary N) is 1. The molecule has 0 unspecified atom stereocenters. The minimum absolute atomic E-state index is 0.406. The van der Waals surface area contributed by atoms with Crippen LogP contribution >= 0.6 is 0 Å². The molecule has 22 heavy (non-hydrogen) atoms. The molecule has 0 radical (unpaired) electrons. The van der Waals surface area contributed by atoms with Crippen LogP contribution in [0.4, 0.5) is 5.95 Å². The number of anilines is 1. The highest BCUT2D eigenvalue weighted by Crippen LogP contribution is 2.19. The van der Waals surface area contributed by atoms with Gasteiger partial charge >= 0.3 is 5.69 Å². The third-order valence-electron chi connectivity index (χ3n) is 4.00. The van der Waals surface area contributed by atoms with Gasteiger partial charge in [0.05, 0.1) is 32.8 Å². The second kappa shape index (κ2) is 5.93. The SMILES string of the molecule is COCCn1c(N2CC[NH2+]CC2)nc2c1c(=O)[nH]c(=O)n2C. The number of aryl methyl sites for hydroxylation is 1. The van der Waals surface area contributed by atoms with E-state index in [0.717, 1.165) is 32.1 Å². The van der Waals surface area contributed by atoms with Crippen LogP contribution in [-0.2, 0) is 18.3 Å². The number of H-pyrrole nitrogens is 1. The standard InChI is InChI=1S/C13H20N6O3/c1-17-10-9(11(20)16-13(17)21)19(7-8-22-2)12(15-10)18-5-3-14-4-6-18/h14H,3-8H2,1-2H3,(H,16,20,21)/p+1. The highest BCUT2D eigenvalue weighted by molar-refractivity contribution is 5.74. The molecule has 0 atom stereocenters. The van der Waals surface area contributed by atoms with E-state index >= 15 is 0 Å². The van der Waals surface area contributed by atoms with Crippen molar-refractivity contribution in [3.05, 3.63) is 20.8 Å². The Kier molecular flexibility index (Phi) is 3.99. The summed E-state index contributed by atoms with van der Waals surface area (Å²) in [4.78, 5) is 33.1. The minimum Gasteiger partial charge on any atom is -0.383 e. The van der Waals surface area contributed by atoms with Gasteiger partial charge in [-0.25, -0.2) is 4.79 Å². The van der Waals surface area contributed by atoms with E-state index in [2.05, 4.69) is 20.2 Å². The van der Waals surface area contributed by atoms with E-state index in [0.29, 0.717) is 24.3 Å². The molecule has 3 heterocycles. The van der Waals surface area contributed by atoms with E-state index in [9.17, 15) is 9.59 Å². The number of ether oxygens (including phenoxy) is 1. The molecule has 1 aliphatic heterocycles. The van der Waals surface area contributed by atoms with Crippen LogP contribution in [0.25, 0.3) is 11.2 Å². The molecule has 9 nitrogen and oxygen atoms in total. The first-order valence-electron chi connectivity index (χ1n) is 7.38. The maximum absolute atomic E-state index is 12.2. The fraction of sp³-hybridized carbons (Fsp3) is 0.615. The second-order valence-corrected chi connectivity index (χ2v) is 5.40. The van der Waals surface area contributed by atoms with E-state index < -0.39 is 11.2 Å². The van der Waals surface area contributed by atoms with Crippen molar-refractivity contribution in [1.29, 1.82) is 0 Å². The maximum atomic E-state index is 12.2. The molecular formula is C13H21N6O3+. The number of aromatic amines is 1. The molecule has 120 valence electrons. The number of methoxy groups -OCH3 is 1. The zero-order valence-electron chi connectivity index (χ0n) is 12.8. The van der Waals surface area contributed by atoms with Gasteiger partial charge in [0.2, 0.25) is 5.95 Å². The lowest BCUT2D eigenvalue weighted by Gasteiger charge is -2.26. The Labute approximate surface area is 126 Å². The molecule has 0 bridgehead atoms. The third kappa shape index (κ3) is 2.42. The first kappa shape index (κ1) is 14.8. The largest absolute Gasteiger partial charge is 0.383 e. The van der Waals surface area contributed by atoms with Crippen molar-refractivity contribution in [2.45, 2.75) is 6.54 Å². The molecule has 0 spiro atoms. The number of nitrogens with one attached hydrogen (secondary N) is 1. The summed E-state index contributed by atoms with van der Waals surface area (Å²) >= 11 is 0. The predicted octanol–water partition coefficient (Wildman–Crippen LogP) is -2.55. The van der Waals surface area contributed by atoms with Gasteiger partial charge < -0.3 is 19.5 Å². The number of hydrogen-bond donors (Lipinski definition) is 2. The highest BCUT2D eigenvalue weighted by atomic mass is 16.5. The zero-order chi connectivity index (χ0) is 15.7. The van der Waals surface area contributed by atoms with Crippen LogP contribution in [0, 0.1) is 0 Å². The number of fused-ring (bicyclic) bond motifs is 1. The molecule has 1 saturated heterocycles. The first-order valence-corrected chi connectivity index (χ1v) is 7.38. The van der Waals surface area contributed by atoms with E-state index in [1.807, 2.05) is 4.57 Å². The molecule has 0 aromatic carbocycles. The summed E-state index contributed by atoms with van der Waals surface area (Å²) in [5.74, 6) is 0.729. The fourth-order valence-electron chi connectivity index (χ4n) is 2.81. The van der Waals surface area contributed by atoms with Crippen molar-refractivity contribution in [2.24, 2.45) is 7.05 Å². The van der Waals surface area contributed by atoms with Gasteiger partial charge in [-0.2, -0.15) is 4.98 Å². The van der Waals surface area contributed by atoms with Crippen molar-refractivity contribution in [3.8, 4) is 0 Å². The lowest BCUT2D eigenvalue weighted by molar-refractivity contribution is -0.655. The predicted molar refractivity (Wildman–Crippen MR) is 81.3 cm³/mol. The van der Waals surface area contributed by atoms with E-state index in [1.165, 1.54) is 4.57 Å². The monoisotopic (exact) mass is 309 g/mol. The van der Waals surface area contributed by atoms with Gasteiger partial charge in [0.15, 0.2) is 11.2 Å². The summed E-state index contributed by atoms with van der Waals surface area (Å²) < 4.78 is 8.37. The number of piperazine rings is 1. The van der Waals surface area contributed by atoms with Crippen LogP contribution in [-0.4, -0.2) is 59.0 Å². The zero-order valence-corrected chi connectivity index (χ0v) is 12.8. The fourth-order valence-corrected chi connectivity index (χ4v) is 2.81. The number of quaternary nitrogens is 1. The maximum Gasteiger partial charge on any atom is 0.329 e. The van der Waals surface area contributed by atoms with Crippen molar-refractivity contribution in [1.82, 2.24) is 19.1 Å². The van der Waals surface area contributed by atoms with Crippen molar-refractivity contribution >= 4 is 17.1 Å².